The third-order valence-corrected chi connectivity index (χ3v) is 2.35. The molecule has 1 unspecified atom stereocenters. The van der Waals surface area contributed by atoms with Crippen molar-refractivity contribution in [1.29, 1.82) is 0 Å². The van der Waals surface area contributed by atoms with Crippen molar-refractivity contribution in [1.82, 2.24) is 4.90 Å². The van der Waals surface area contributed by atoms with Gasteiger partial charge in [0.15, 0.2) is 0 Å². The van der Waals surface area contributed by atoms with Crippen LogP contribution < -0.4 is 5.73 Å². The second-order valence-electron chi connectivity index (χ2n) is 3.27. The molecule has 0 spiro atoms. The molecule has 1 heterocycles. The lowest BCUT2D eigenvalue weighted by Crippen LogP contribution is -2.43. The fourth-order valence-corrected chi connectivity index (χ4v) is 1.35. The highest BCUT2D eigenvalue weighted by atomic mass is 15.2. The predicted octanol–water partition coefficient (Wildman–Crippen LogP) is 1.33. The quantitative estimate of drug-likeness (QED) is 0.608. The summed E-state index contributed by atoms with van der Waals surface area (Å²) in [6, 6.07) is 0. The predicted molar refractivity (Wildman–Crippen MR) is 48.2 cm³/mol. The van der Waals surface area contributed by atoms with Gasteiger partial charge in [0.2, 0.25) is 0 Å². The molecule has 0 aromatic heterocycles. The Bertz CT molecular complexity index is 152. The van der Waals surface area contributed by atoms with Gasteiger partial charge < -0.3 is 5.73 Å². The van der Waals surface area contributed by atoms with Gasteiger partial charge in [0.05, 0.1) is 6.17 Å². The molecule has 1 aliphatic rings. The van der Waals surface area contributed by atoms with E-state index in [0.717, 1.165) is 19.5 Å². The van der Waals surface area contributed by atoms with E-state index in [4.69, 9.17) is 5.73 Å². The fraction of sp³-hybridized carbons (Fsp3) is 0.778. The zero-order chi connectivity index (χ0) is 8.27. The van der Waals surface area contributed by atoms with Crippen LogP contribution in [0.4, 0.5) is 0 Å². The fourth-order valence-electron chi connectivity index (χ4n) is 1.35. The average Bonchev–Trinajstić information content (AvgIpc) is 2.05. The van der Waals surface area contributed by atoms with E-state index in [9.17, 15) is 0 Å². The summed E-state index contributed by atoms with van der Waals surface area (Å²) in [5.74, 6) is 0. The van der Waals surface area contributed by atoms with Gasteiger partial charge in [0, 0.05) is 13.1 Å². The Balaban J connectivity index is 2.40. The molecule has 0 amide bonds. The molecule has 1 rings (SSSR count). The summed E-state index contributed by atoms with van der Waals surface area (Å²) in [7, 11) is 0. The molecule has 0 saturated heterocycles. The molecule has 0 aromatic carbocycles. The standard InChI is InChI=1S/C9H18N2/c1-3-9(10)11-6-4-8(2)5-7-11/h4,9H,3,5-7,10H2,1-2H3. The van der Waals surface area contributed by atoms with Gasteiger partial charge in [-0.1, -0.05) is 18.6 Å². The van der Waals surface area contributed by atoms with Gasteiger partial charge in [-0.3, -0.25) is 4.90 Å². The summed E-state index contributed by atoms with van der Waals surface area (Å²) < 4.78 is 0. The zero-order valence-corrected chi connectivity index (χ0v) is 7.51. The molecule has 0 radical (unpaired) electrons. The van der Waals surface area contributed by atoms with Crippen LogP contribution >= 0.6 is 0 Å². The van der Waals surface area contributed by atoms with Gasteiger partial charge >= 0.3 is 0 Å². The molecule has 0 aromatic rings. The molecule has 11 heavy (non-hydrogen) atoms. The highest BCUT2D eigenvalue weighted by Gasteiger charge is 2.13. The van der Waals surface area contributed by atoms with Crippen LogP contribution in [0.25, 0.3) is 0 Å². The number of rotatable bonds is 2. The van der Waals surface area contributed by atoms with Crippen LogP contribution in [0, 0.1) is 0 Å². The first-order chi connectivity index (χ1) is 5.24. The van der Waals surface area contributed by atoms with E-state index < -0.39 is 0 Å². The van der Waals surface area contributed by atoms with E-state index in [1.807, 2.05) is 0 Å². The minimum atomic E-state index is 0.263. The van der Waals surface area contributed by atoms with Crippen molar-refractivity contribution in [2.75, 3.05) is 13.1 Å². The maximum absolute atomic E-state index is 5.89. The maximum atomic E-state index is 5.89. The molecule has 1 aliphatic heterocycles. The Kier molecular flexibility index (Phi) is 3.09. The van der Waals surface area contributed by atoms with Crippen molar-refractivity contribution >= 4 is 0 Å². The first-order valence-corrected chi connectivity index (χ1v) is 4.39. The van der Waals surface area contributed by atoms with Crippen molar-refractivity contribution in [3.63, 3.8) is 0 Å². The normalized spacial score (nSPS) is 23.0. The van der Waals surface area contributed by atoms with Gasteiger partial charge in [-0.2, -0.15) is 0 Å². The van der Waals surface area contributed by atoms with Gasteiger partial charge in [0.25, 0.3) is 0 Å². The van der Waals surface area contributed by atoms with Crippen molar-refractivity contribution in [3.05, 3.63) is 11.6 Å². The summed E-state index contributed by atoms with van der Waals surface area (Å²) in [6.07, 6.45) is 4.78. The van der Waals surface area contributed by atoms with Crippen molar-refractivity contribution in [2.45, 2.75) is 32.9 Å². The lowest BCUT2D eigenvalue weighted by atomic mass is 10.1. The van der Waals surface area contributed by atoms with E-state index in [0.29, 0.717) is 0 Å². The van der Waals surface area contributed by atoms with Crippen LogP contribution in [-0.2, 0) is 0 Å². The molecule has 2 nitrogen and oxygen atoms in total. The van der Waals surface area contributed by atoms with Crippen LogP contribution in [0.2, 0.25) is 0 Å². The Morgan fingerprint density at radius 2 is 2.45 bits per heavy atom. The number of hydrogen-bond donors (Lipinski definition) is 1. The van der Waals surface area contributed by atoms with Crippen LogP contribution in [0.1, 0.15) is 26.7 Å². The molecule has 2 N–H and O–H groups in total. The Morgan fingerprint density at radius 1 is 1.73 bits per heavy atom. The largest absolute Gasteiger partial charge is 0.316 e. The van der Waals surface area contributed by atoms with E-state index in [2.05, 4.69) is 24.8 Å². The maximum Gasteiger partial charge on any atom is 0.0572 e. The molecule has 1 atom stereocenters. The summed E-state index contributed by atoms with van der Waals surface area (Å²) in [6.45, 7) is 6.50. The van der Waals surface area contributed by atoms with Crippen molar-refractivity contribution in [2.24, 2.45) is 5.73 Å². The third kappa shape index (κ3) is 2.31. The molecule has 2 heteroatoms. The number of hydrogen-bond acceptors (Lipinski definition) is 2. The lowest BCUT2D eigenvalue weighted by Gasteiger charge is -2.30. The zero-order valence-electron chi connectivity index (χ0n) is 7.51. The average molecular weight is 154 g/mol. The topological polar surface area (TPSA) is 29.3 Å². The summed E-state index contributed by atoms with van der Waals surface area (Å²) >= 11 is 0. The van der Waals surface area contributed by atoms with E-state index in [1.54, 1.807) is 0 Å². The van der Waals surface area contributed by atoms with Crippen molar-refractivity contribution in [3.8, 4) is 0 Å². The molecular weight excluding hydrogens is 136 g/mol. The minimum absolute atomic E-state index is 0.263. The lowest BCUT2D eigenvalue weighted by molar-refractivity contribution is 0.210. The smallest absolute Gasteiger partial charge is 0.0572 e. The third-order valence-electron chi connectivity index (χ3n) is 2.35. The molecule has 64 valence electrons. The molecule has 0 bridgehead atoms. The monoisotopic (exact) mass is 154 g/mol. The number of nitrogens with two attached hydrogens (primary N) is 1. The van der Waals surface area contributed by atoms with Crippen LogP contribution in [0.5, 0.6) is 0 Å². The van der Waals surface area contributed by atoms with E-state index in [-0.39, 0.29) is 6.17 Å². The molecule has 0 saturated carbocycles. The van der Waals surface area contributed by atoms with Crippen LogP contribution in [-0.4, -0.2) is 24.2 Å². The van der Waals surface area contributed by atoms with E-state index >= 15 is 0 Å². The molecule has 0 fully saturated rings. The second kappa shape index (κ2) is 3.88. The Hall–Kier alpha value is -0.340. The van der Waals surface area contributed by atoms with Crippen LogP contribution in [0.3, 0.4) is 0 Å². The summed E-state index contributed by atoms with van der Waals surface area (Å²) in [5, 5.41) is 0. The first-order valence-electron chi connectivity index (χ1n) is 4.39. The van der Waals surface area contributed by atoms with Gasteiger partial charge in [0.1, 0.15) is 0 Å². The highest BCUT2D eigenvalue weighted by molar-refractivity contribution is 5.04. The van der Waals surface area contributed by atoms with Gasteiger partial charge in [-0.15, -0.1) is 0 Å². The first kappa shape index (κ1) is 8.75. The number of nitrogens with zero attached hydrogens (tertiary/aromatic N) is 1. The summed E-state index contributed by atoms with van der Waals surface area (Å²) in [4.78, 5) is 2.33. The van der Waals surface area contributed by atoms with Crippen molar-refractivity contribution < 1.29 is 0 Å². The minimum Gasteiger partial charge on any atom is -0.316 e. The Labute approximate surface area is 69.1 Å². The van der Waals surface area contributed by atoms with Crippen LogP contribution in [0.15, 0.2) is 11.6 Å². The van der Waals surface area contributed by atoms with Gasteiger partial charge in [-0.05, 0) is 19.8 Å². The molecular formula is C9H18N2. The second-order valence-corrected chi connectivity index (χ2v) is 3.27. The highest BCUT2D eigenvalue weighted by Crippen LogP contribution is 2.11. The van der Waals surface area contributed by atoms with Gasteiger partial charge in [-0.25, -0.2) is 0 Å². The summed E-state index contributed by atoms with van der Waals surface area (Å²) in [5.41, 5.74) is 7.39. The SMILES string of the molecule is CCC(N)N1CC=C(C)CC1. The van der Waals surface area contributed by atoms with E-state index in [1.165, 1.54) is 12.0 Å². The molecule has 0 aliphatic carbocycles. The Morgan fingerprint density at radius 3 is 2.91 bits per heavy atom.